The Hall–Kier alpha value is -1.49. The molecule has 0 bridgehead atoms. The lowest BCUT2D eigenvalue weighted by Crippen LogP contribution is -2.29. The third-order valence-corrected chi connectivity index (χ3v) is 3.26. The molecule has 1 atom stereocenters. The number of hydrogen-bond donors (Lipinski definition) is 2. The number of aliphatic carboxylic acids is 1. The van der Waals surface area contributed by atoms with Crippen molar-refractivity contribution >= 4 is 23.6 Å². The van der Waals surface area contributed by atoms with Gasteiger partial charge in [0, 0.05) is 24.3 Å². The standard InChI is InChI=1S/C14H19NO3S/c1-10(6-13(16)17)8-15-14(18)12-5-3-4-11(7-12)9-19-2/h3-5,7,10H,6,8-9H2,1-2H3,(H,15,18)(H,16,17). The lowest BCUT2D eigenvalue weighted by atomic mass is 10.1. The van der Waals surface area contributed by atoms with Crippen LogP contribution in [0.3, 0.4) is 0 Å². The Balaban J connectivity index is 2.53. The predicted molar refractivity (Wildman–Crippen MR) is 77.4 cm³/mol. The van der Waals surface area contributed by atoms with Crippen molar-refractivity contribution < 1.29 is 14.7 Å². The number of rotatable bonds is 7. The summed E-state index contributed by atoms with van der Waals surface area (Å²) in [4.78, 5) is 22.5. The van der Waals surface area contributed by atoms with Gasteiger partial charge in [0.2, 0.25) is 0 Å². The van der Waals surface area contributed by atoms with Gasteiger partial charge in [-0.15, -0.1) is 0 Å². The molecule has 0 saturated heterocycles. The molecular weight excluding hydrogens is 262 g/mol. The number of nitrogens with one attached hydrogen (secondary N) is 1. The molecule has 0 aliphatic heterocycles. The first-order valence-electron chi connectivity index (χ1n) is 6.10. The Morgan fingerprint density at radius 1 is 1.42 bits per heavy atom. The molecule has 1 rings (SSSR count). The molecule has 0 radical (unpaired) electrons. The normalized spacial score (nSPS) is 11.9. The summed E-state index contributed by atoms with van der Waals surface area (Å²) in [6.45, 7) is 2.18. The first kappa shape index (κ1) is 15.6. The van der Waals surface area contributed by atoms with Crippen LogP contribution >= 0.6 is 11.8 Å². The van der Waals surface area contributed by atoms with Gasteiger partial charge in [-0.25, -0.2) is 0 Å². The zero-order chi connectivity index (χ0) is 14.3. The summed E-state index contributed by atoms with van der Waals surface area (Å²) < 4.78 is 0. The molecule has 2 N–H and O–H groups in total. The van der Waals surface area contributed by atoms with Crippen molar-refractivity contribution in [3.05, 3.63) is 35.4 Å². The highest BCUT2D eigenvalue weighted by molar-refractivity contribution is 7.97. The van der Waals surface area contributed by atoms with Crippen molar-refractivity contribution in [2.24, 2.45) is 5.92 Å². The zero-order valence-electron chi connectivity index (χ0n) is 11.2. The van der Waals surface area contributed by atoms with Crippen LogP contribution in [-0.2, 0) is 10.5 Å². The van der Waals surface area contributed by atoms with Crippen molar-refractivity contribution in [3.8, 4) is 0 Å². The van der Waals surface area contributed by atoms with E-state index in [0.29, 0.717) is 12.1 Å². The second-order valence-corrected chi connectivity index (χ2v) is 5.41. The molecule has 0 fully saturated rings. The van der Waals surface area contributed by atoms with E-state index >= 15 is 0 Å². The molecule has 1 aromatic carbocycles. The fourth-order valence-electron chi connectivity index (χ4n) is 1.71. The van der Waals surface area contributed by atoms with Crippen LogP contribution in [0.2, 0.25) is 0 Å². The molecular formula is C14H19NO3S. The summed E-state index contributed by atoms with van der Waals surface area (Å²) in [7, 11) is 0. The van der Waals surface area contributed by atoms with Crippen LogP contribution in [-0.4, -0.2) is 29.8 Å². The van der Waals surface area contributed by atoms with Crippen LogP contribution in [0.4, 0.5) is 0 Å². The second-order valence-electron chi connectivity index (χ2n) is 4.55. The van der Waals surface area contributed by atoms with Crippen LogP contribution in [0.1, 0.15) is 29.3 Å². The van der Waals surface area contributed by atoms with Gasteiger partial charge in [-0.3, -0.25) is 9.59 Å². The summed E-state index contributed by atoms with van der Waals surface area (Å²) in [6, 6.07) is 7.48. The first-order chi connectivity index (χ1) is 9.02. The van der Waals surface area contributed by atoms with Gasteiger partial charge in [-0.2, -0.15) is 11.8 Å². The van der Waals surface area contributed by atoms with E-state index in [1.54, 1.807) is 24.8 Å². The van der Waals surface area contributed by atoms with Gasteiger partial charge in [0.25, 0.3) is 5.91 Å². The van der Waals surface area contributed by atoms with Crippen LogP contribution in [0, 0.1) is 5.92 Å². The predicted octanol–water partition coefficient (Wildman–Crippen LogP) is 2.39. The number of carbonyl (C=O) groups is 2. The number of amides is 1. The fourth-order valence-corrected chi connectivity index (χ4v) is 2.22. The highest BCUT2D eigenvalue weighted by atomic mass is 32.2. The highest BCUT2D eigenvalue weighted by Crippen LogP contribution is 2.11. The Bertz CT molecular complexity index is 448. The molecule has 0 heterocycles. The number of thioether (sulfide) groups is 1. The van der Waals surface area contributed by atoms with Crippen LogP contribution < -0.4 is 5.32 Å². The Labute approximate surface area is 117 Å². The van der Waals surface area contributed by atoms with Gasteiger partial charge < -0.3 is 10.4 Å². The third kappa shape index (κ3) is 5.79. The molecule has 1 amide bonds. The third-order valence-electron chi connectivity index (χ3n) is 2.63. The van der Waals surface area contributed by atoms with E-state index in [2.05, 4.69) is 5.32 Å². The summed E-state index contributed by atoms with van der Waals surface area (Å²) in [5.41, 5.74) is 1.73. The van der Waals surface area contributed by atoms with E-state index in [1.807, 2.05) is 24.5 Å². The largest absolute Gasteiger partial charge is 0.481 e. The van der Waals surface area contributed by atoms with Crippen molar-refractivity contribution in [2.75, 3.05) is 12.8 Å². The Kier molecular flexibility index (Phi) is 6.42. The van der Waals surface area contributed by atoms with E-state index < -0.39 is 5.97 Å². The highest BCUT2D eigenvalue weighted by Gasteiger charge is 2.10. The van der Waals surface area contributed by atoms with Gasteiger partial charge in [0.05, 0.1) is 0 Å². The van der Waals surface area contributed by atoms with Crippen molar-refractivity contribution in [1.82, 2.24) is 5.32 Å². The maximum atomic E-state index is 11.9. The summed E-state index contributed by atoms with van der Waals surface area (Å²) in [5, 5.41) is 11.4. The molecule has 0 aromatic heterocycles. The minimum absolute atomic E-state index is 0.0623. The molecule has 5 heteroatoms. The molecule has 0 spiro atoms. The second kappa shape index (κ2) is 7.84. The van der Waals surface area contributed by atoms with E-state index in [1.165, 1.54) is 0 Å². The van der Waals surface area contributed by atoms with Crippen molar-refractivity contribution in [2.45, 2.75) is 19.1 Å². The quantitative estimate of drug-likeness (QED) is 0.805. The molecule has 0 aliphatic carbocycles. The minimum Gasteiger partial charge on any atom is -0.481 e. The van der Waals surface area contributed by atoms with Gasteiger partial charge in [0.15, 0.2) is 0 Å². The van der Waals surface area contributed by atoms with E-state index in [9.17, 15) is 9.59 Å². The number of benzene rings is 1. The lowest BCUT2D eigenvalue weighted by Gasteiger charge is -2.11. The number of carboxylic acids is 1. The van der Waals surface area contributed by atoms with Crippen molar-refractivity contribution in [1.29, 1.82) is 0 Å². The topological polar surface area (TPSA) is 66.4 Å². The fraction of sp³-hybridized carbons (Fsp3) is 0.429. The average Bonchev–Trinajstić information content (AvgIpc) is 2.36. The molecule has 4 nitrogen and oxygen atoms in total. The van der Waals surface area contributed by atoms with Crippen LogP contribution in [0.5, 0.6) is 0 Å². The molecule has 1 aromatic rings. The average molecular weight is 281 g/mol. The molecule has 0 saturated carbocycles. The summed E-state index contributed by atoms with van der Waals surface area (Å²) >= 11 is 1.70. The number of carboxylic acid groups (broad SMARTS) is 1. The molecule has 1 unspecified atom stereocenters. The zero-order valence-corrected chi connectivity index (χ0v) is 12.0. The van der Waals surface area contributed by atoms with E-state index in [-0.39, 0.29) is 18.2 Å². The number of carbonyl (C=O) groups excluding carboxylic acids is 1. The molecule has 104 valence electrons. The molecule has 19 heavy (non-hydrogen) atoms. The Morgan fingerprint density at radius 2 is 2.16 bits per heavy atom. The van der Waals surface area contributed by atoms with Crippen LogP contribution in [0.15, 0.2) is 24.3 Å². The minimum atomic E-state index is -0.844. The van der Waals surface area contributed by atoms with Gasteiger partial charge in [-0.05, 0) is 29.9 Å². The first-order valence-corrected chi connectivity index (χ1v) is 7.50. The van der Waals surface area contributed by atoms with E-state index in [4.69, 9.17) is 5.11 Å². The molecule has 0 aliphatic rings. The maximum absolute atomic E-state index is 11.9. The lowest BCUT2D eigenvalue weighted by molar-refractivity contribution is -0.137. The SMILES string of the molecule is CSCc1cccc(C(=O)NCC(C)CC(=O)O)c1. The summed E-state index contributed by atoms with van der Waals surface area (Å²) in [6.07, 6.45) is 2.08. The maximum Gasteiger partial charge on any atom is 0.303 e. The van der Waals surface area contributed by atoms with Gasteiger partial charge in [-0.1, -0.05) is 19.1 Å². The Morgan fingerprint density at radius 3 is 2.79 bits per heavy atom. The summed E-state index contributed by atoms with van der Waals surface area (Å²) in [5.74, 6) is -0.198. The number of hydrogen-bond acceptors (Lipinski definition) is 3. The smallest absolute Gasteiger partial charge is 0.303 e. The van der Waals surface area contributed by atoms with Gasteiger partial charge in [0.1, 0.15) is 0 Å². The van der Waals surface area contributed by atoms with E-state index in [0.717, 1.165) is 11.3 Å². The monoisotopic (exact) mass is 281 g/mol. The van der Waals surface area contributed by atoms with Crippen LogP contribution in [0.25, 0.3) is 0 Å². The van der Waals surface area contributed by atoms with Crippen molar-refractivity contribution in [3.63, 3.8) is 0 Å². The van der Waals surface area contributed by atoms with Gasteiger partial charge >= 0.3 is 5.97 Å².